The fourth-order valence-corrected chi connectivity index (χ4v) is 3.22. The number of anilines is 2. The van der Waals surface area contributed by atoms with E-state index in [4.69, 9.17) is 0 Å². The molecular formula is C22H29N5O2. The van der Waals surface area contributed by atoms with E-state index in [1.807, 2.05) is 31.0 Å². The van der Waals surface area contributed by atoms with Crippen LogP contribution in [0, 0.1) is 13.8 Å². The van der Waals surface area contributed by atoms with Crippen molar-refractivity contribution in [1.82, 2.24) is 15.3 Å². The number of benzene rings is 2. The highest BCUT2D eigenvalue weighted by Crippen LogP contribution is 2.16. The van der Waals surface area contributed by atoms with Crippen LogP contribution in [-0.2, 0) is 4.79 Å². The number of hydrogen-bond acceptors (Lipinski definition) is 5. The first-order chi connectivity index (χ1) is 13.9. The minimum atomic E-state index is -0.139. The van der Waals surface area contributed by atoms with E-state index in [9.17, 15) is 9.59 Å². The smallest absolute Gasteiger partial charge is 0.265 e. The lowest BCUT2D eigenvalue weighted by Gasteiger charge is -2.32. The van der Waals surface area contributed by atoms with Crippen LogP contribution in [0.25, 0.3) is 0 Å². The van der Waals surface area contributed by atoms with Gasteiger partial charge in [-0.3, -0.25) is 15.0 Å². The molecule has 2 aromatic carbocycles. The van der Waals surface area contributed by atoms with E-state index in [1.54, 1.807) is 24.3 Å². The van der Waals surface area contributed by atoms with Crippen LogP contribution in [0.1, 0.15) is 21.5 Å². The molecule has 0 saturated carbocycles. The highest BCUT2D eigenvalue weighted by Gasteiger charge is 2.16. The first kappa shape index (κ1) is 20.8. The summed E-state index contributed by atoms with van der Waals surface area (Å²) in [5.41, 5.74) is 7.40. The molecule has 0 bridgehead atoms. The molecule has 154 valence electrons. The third-order valence-electron chi connectivity index (χ3n) is 5.02. The summed E-state index contributed by atoms with van der Waals surface area (Å²) < 4.78 is 0. The number of carbonyl (C=O) groups excluding carboxylic acids is 2. The summed E-state index contributed by atoms with van der Waals surface area (Å²) >= 11 is 0. The topological polar surface area (TPSA) is 76.7 Å². The summed E-state index contributed by atoms with van der Waals surface area (Å²) in [6.07, 6.45) is 0. The third kappa shape index (κ3) is 6.04. The second kappa shape index (κ2) is 9.54. The molecule has 0 aromatic heterocycles. The van der Waals surface area contributed by atoms with E-state index in [0.29, 0.717) is 11.3 Å². The van der Waals surface area contributed by atoms with Gasteiger partial charge in [-0.15, -0.1) is 0 Å². The van der Waals surface area contributed by atoms with Crippen LogP contribution >= 0.6 is 0 Å². The summed E-state index contributed by atoms with van der Waals surface area (Å²) in [7, 11) is 2.07. The Kier molecular flexibility index (Phi) is 6.85. The Hall–Kier alpha value is -2.90. The SMILES string of the molecule is Cc1ccc(NCC(=O)Nc2ccc(C(=O)NN3CCN(C)CC3)cc2)c(C)c1. The fraction of sp³-hybridized carbons (Fsp3) is 0.364. The Labute approximate surface area is 172 Å². The van der Waals surface area contributed by atoms with E-state index in [2.05, 4.69) is 34.1 Å². The first-order valence-electron chi connectivity index (χ1n) is 9.86. The quantitative estimate of drug-likeness (QED) is 0.699. The molecule has 1 aliphatic heterocycles. The zero-order valence-corrected chi connectivity index (χ0v) is 17.3. The molecule has 1 saturated heterocycles. The molecule has 3 N–H and O–H groups in total. The van der Waals surface area contributed by atoms with E-state index >= 15 is 0 Å². The zero-order chi connectivity index (χ0) is 20.8. The second-order valence-electron chi connectivity index (χ2n) is 7.53. The van der Waals surface area contributed by atoms with Gasteiger partial charge in [-0.05, 0) is 56.8 Å². The van der Waals surface area contributed by atoms with Crippen molar-refractivity contribution >= 4 is 23.2 Å². The number of nitrogens with zero attached hydrogens (tertiary/aromatic N) is 2. The molecule has 0 unspecified atom stereocenters. The van der Waals surface area contributed by atoms with E-state index in [1.165, 1.54) is 5.56 Å². The van der Waals surface area contributed by atoms with Gasteiger partial charge in [-0.25, -0.2) is 5.01 Å². The van der Waals surface area contributed by atoms with Gasteiger partial charge >= 0.3 is 0 Å². The highest BCUT2D eigenvalue weighted by atomic mass is 16.2. The Balaban J connectivity index is 1.48. The van der Waals surface area contributed by atoms with Crippen molar-refractivity contribution in [2.45, 2.75) is 13.8 Å². The lowest BCUT2D eigenvalue weighted by Crippen LogP contribution is -2.52. The van der Waals surface area contributed by atoms with Crippen molar-refractivity contribution in [3.05, 3.63) is 59.2 Å². The van der Waals surface area contributed by atoms with Crippen LogP contribution in [0.4, 0.5) is 11.4 Å². The second-order valence-corrected chi connectivity index (χ2v) is 7.53. The molecule has 3 rings (SSSR count). The molecule has 0 radical (unpaired) electrons. The molecule has 7 nitrogen and oxygen atoms in total. The third-order valence-corrected chi connectivity index (χ3v) is 5.02. The van der Waals surface area contributed by atoms with Crippen LogP contribution in [0.3, 0.4) is 0 Å². The maximum Gasteiger partial charge on any atom is 0.265 e. The molecule has 0 atom stereocenters. The van der Waals surface area contributed by atoms with E-state index in [0.717, 1.165) is 37.4 Å². The molecular weight excluding hydrogens is 366 g/mol. The van der Waals surface area contributed by atoms with Crippen molar-refractivity contribution in [2.75, 3.05) is 50.4 Å². The lowest BCUT2D eigenvalue weighted by molar-refractivity contribution is -0.114. The molecule has 1 aliphatic rings. The molecule has 2 aromatic rings. The molecule has 1 heterocycles. The predicted molar refractivity (Wildman–Crippen MR) is 116 cm³/mol. The van der Waals surface area contributed by atoms with Gasteiger partial charge in [0.2, 0.25) is 5.91 Å². The molecule has 0 spiro atoms. The maximum atomic E-state index is 12.4. The normalized spacial score (nSPS) is 15.0. The van der Waals surface area contributed by atoms with Gasteiger partial charge in [-0.1, -0.05) is 17.7 Å². The average molecular weight is 396 g/mol. The molecule has 0 aliphatic carbocycles. The summed E-state index contributed by atoms with van der Waals surface area (Å²) in [6.45, 7) is 7.71. The van der Waals surface area contributed by atoms with Gasteiger partial charge in [-0.2, -0.15) is 0 Å². The van der Waals surface area contributed by atoms with Crippen molar-refractivity contribution in [3.63, 3.8) is 0 Å². The molecule has 1 fully saturated rings. The maximum absolute atomic E-state index is 12.4. The minimum Gasteiger partial charge on any atom is -0.376 e. The Morgan fingerprint density at radius 1 is 0.966 bits per heavy atom. The van der Waals surface area contributed by atoms with Crippen LogP contribution in [0.2, 0.25) is 0 Å². The number of aryl methyl sites for hydroxylation is 2. The summed E-state index contributed by atoms with van der Waals surface area (Å²) in [5.74, 6) is -0.274. The Morgan fingerprint density at radius 2 is 1.66 bits per heavy atom. The molecule has 7 heteroatoms. The molecule has 29 heavy (non-hydrogen) atoms. The Morgan fingerprint density at radius 3 is 2.31 bits per heavy atom. The number of hydrazine groups is 1. The van der Waals surface area contributed by atoms with E-state index < -0.39 is 0 Å². The van der Waals surface area contributed by atoms with Crippen molar-refractivity contribution in [3.8, 4) is 0 Å². The van der Waals surface area contributed by atoms with Gasteiger partial charge in [0, 0.05) is 43.1 Å². The summed E-state index contributed by atoms with van der Waals surface area (Å²) in [5, 5.41) is 7.94. The van der Waals surface area contributed by atoms with Gasteiger partial charge in [0.25, 0.3) is 5.91 Å². The van der Waals surface area contributed by atoms with Crippen LogP contribution in [-0.4, -0.2) is 61.5 Å². The fourth-order valence-electron chi connectivity index (χ4n) is 3.22. The van der Waals surface area contributed by atoms with Crippen molar-refractivity contribution in [2.24, 2.45) is 0 Å². The van der Waals surface area contributed by atoms with Gasteiger partial charge in [0.15, 0.2) is 0 Å². The minimum absolute atomic E-state index is 0.135. The Bertz CT molecular complexity index is 858. The number of hydrogen-bond donors (Lipinski definition) is 3. The van der Waals surface area contributed by atoms with Gasteiger partial charge in [0.1, 0.15) is 0 Å². The van der Waals surface area contributed by atoms with Gasteiger partial charge in [0.05, 0.1) is 6.54 Å². The predicted octanol–water partition coefficient (Wildman–Crippen LogP) is 2.25. The van der Waals surface area contributed by atoms with Crippen LogP contribution in [0.15, 0.2) is 42.5 Å². The number of amides is 2. The lowest BCUT2D eigenvalue weighted by atomic mass is 10.1. The largest absolute Gasteiger partial charge is 0.376 e. The van der Waals surface area contributed by atoms with Crippen LogP contribution < -0.4 is 16.1 Å². The standard InChI is InChI=1S/C22H29N5O2/c1-16-4-9-20(17(2)14-16)23-15-21(28)24-19-7-5-18(6-8-19)22(29)25-27-12-10-26(3)11-13-27/h4-9,14,23H,10-13,15H2,1-3H3,(H,24,28)(H,25,29). The number of rotatable bonds is 6. The first-order valence-corrected chi connectivity index (χ1v) is 9.86. The zero-order valence-electron chi connectivity index (χ0n) is 17.3. The number of nitrogens with one attached hydrogen (secondary N) is 3. The summed E-state index contributed by atoms with van der Waals surface area (Å²) in [6, 6.07) is 13.0. The molecule has 2 amide bonds. The van der Waals surface area contributed by atoms with E-state index in [-0.39, 0.29) is 18.4 Å². The number of piperazine rings is 1. The number of likely N-dealkylation sites (N-methyl/N-ethyl adjacent to an activating group) is 1. The summed E-state index contributed by atoms with van der Waals surface area (Å²) in [4.78, 5) is 26.8. The monoisotopic (exact) mass is 395 g/mol. The average Bonchev–Trinajstić information content (AvgIpc) is 2.69. The van der Waals surface area contributed by atoms with Crippen LogP contribution in [0.5, 0.6) is 0 Å². The van der Waals surface area contributed by atoms with Crippen molar-refractivity contribution < 1.29 is 9.59 Å². The van der Waals surface area contributed by atoms with Crippen molar-refractivity contribution in [1.29, 1.82) is 0 Å². The van der Waals surface area contributed by atoms with Gasteiger partial charge < -0.3 is 15.5 Å². The number of carbonyl (C=O) groups is 2. The highest BCUT2D eigenvalue weighted by molar-refractivity contribution is 5.96.